The van der Waals surface area contributed by atoms with E-state index in [1.165, 1.54) is 12.8 Å². The zero-order valence-electron chi connectivity index (χ0n) is 11.5. The van der Waals surface area contributed by atoms with Crippen LogP contribution in [0.2, 0.25) is 0 Å². The lowest BCUT2D eigenvalue weighted by molar-refractivity contribution is 0.329. The van der Waals surface area contributed by atoms with Crippen LogP contribution in [-0.4, -0.2) is 27.2 Å². The largest absolute Gasteiger partial charge is 0.339 e. The molecule has 3 unspecified atom stereocenters. The van der Waals surface area contributed by atoms with E-state index in [0.717, 1.165) is 29.9 Å². The zero-order valence-corrected chi connectivity index (χ0v) is 11.5. The molecule has 5 nitrogen and oxygen atoms in total. The van der Waals surface area contributed by atoms with Crippen molar-refractivity contribution in [2.75, 3.05) is 0 Å². The summed E-state index contributed by atoms with van der Waals surface area (Å²) in [6.07, 6.45) is 8.22. The topological polar surface area (TPSA) is 63.8 Å². The predicted octanol–water partition coefficient (Wildman–Crippen LogP) is 2.30. The lowest BCUT2D eigenvalue weighted by atomic mass is 9.89. The molecule has 0 saturated carbocycles. The molecule has 0 amide bonds. The average molecular weight is 270 g/mol. The Hall–Kier alpha value is -1.75. The van der Waals surface area contributed by atoms with Gasteiger partial charge in [-0.2, -0.15) is 4.98 Å². The first-order valence-corrected chi connectivity index (χ1v) is 7.38. The van der Waals surface area contributed by atoms with Crippen LogP contribution in [0.4, 0.5) is 0 Å². The predicted molar refractivity (Wildman–Crippen MR) is 74.2 cm³/mol. The smallest absolute Gasteiger partial charge is 0.231 e. The third kappa shape index (κ3) is 1.85. The van der Waals surface area contributed by atoms with Crippen molar-refractivity contribution in [2.24, 2.45) is 0 Å². The summed E-state index contributed by atoms with van der Waals surface area (Å²) in [5.41, 5.74) is 2.19. The van der Waals surface area contributed by atoms with Crippen molar-refractivity contribution >= 4 is 0 Å². The van der Waals surface area contributed by atoms with Gasteiger partial charge in [0.15, 0.2) is 0 Å². The summed E-state index contributed by atoms with van der Waals surface area (Å²) in [5.74, 6) is 1.88. The van der Waals surface area contributed by atoms with Gasteiger partial charge in [0.25, 0.3) is 0 Å². The van der Waals surface area contributed by atoms with E-state index in [0.29, 0.717) is 23.8 Å². The Morgan fingerprint density at radius 2 is 2.35 bits per heavy atom. The fourth-order valence-corrected chi connectivity index (χ4v) is 3.52. The zero-order chi connectivity index (χ0) is 13.5. The minimum Gasteiger partial charge on any atom is -0.339 e. The highest BCUT2D eigenvalue weighted by Crippen LogP contribution is 2.39. The fourth-order valence-electron chi connectivity index (χ4n) is 3.52. The highest BCUT2D eigenvalue weighted by molar-refractivity contribution is 5.58. The number of hydrogen-bond acceptors (Lipinski definition) is 5. The van der Waals surface area contributed by atoms with Crippen LogP contribution >= 0.6 is 0 Å². The number of rotatable bonds is 3. The molecule has 104 valence electrons. The van der Waals surface area contributed by atoms with E-state index < -0.39 is 0 Å². The first-order valence-electron chi connectivity index (χ1n) is 7.38. The molecule has 2 fully saturated rings. The molecule has 2 aliphatic rings. The van der Waals surface area contributed by atoms with E-state index >= 15 is 0 Å². The van der Waals surface area contributed by atoms with Crippen molar-refractivity contribution in [1.82, 2.24) is 20.4 Å². The van der Waals surface area contributed by atoms with Crippen molar-refractivity contribution in [3.05, 3.63) is 29.9 Å². The van der Waals surface area contributed by atoms with Gasteiger partial charge >= 0.3 is 0 Å². The van der Waals surface area contributed by atoms with Gasteiger partial charge in [-0.15, -0.1) is 0 Å². The molecule has 2 bridgehead atoms. The van der Waals surface area contributed by atoms with Gasteiger partial charge in [0.05, 0.1) is 5.92 Å². The summed E-state index contributed by atoms with van der Waals surface area (Å²) < 4.78 is 5.53. The summed E-state index contributed by atoms with van der Waals surface area (Å²) in [5, 5.41) is 7.79. The Labute approximate surface area is 117 Å². The molecule has 2 saturated heterocycles. The first kappa shape index (κ1) is 12.0. The third-order valence-electron chi connectivity index (χ3n) is 4.58. The molecule has 2 aromatic rings. The standard InChI is InChI=1S/C15H18N4O/c1-2-9-8-16-6-5-11(9)14-18-15(20-19-14)12-7-10-3-4-13(12)17-10/h5-6,8,10,12-13,17H,2-4,7H2,1H3. The van der Waals surface area contributed by atoms with Crippen LogP contribution < -0.4 is 5.32 Å². The molecule has 2 aliphatic heterocycles. The summed E-state index contributed by atoms with van der Waals surface area (Å²) in [6, 6.07) is 3.14. The van der Waals surface area contributed by atoms with Crippen molar-refractivity contribution in [3.8, 4) is 11.4 Å². The summed E-state index contributed by atoms with van der Waals surface area (Å²) in [6.45, 7) is 2.11. The molecular formula is C15H18N4O. The van der Waals surface area contributed by atoms with Crippen molar-refractivity contribution in [2.45, 2.75) is 50.6 Å². The second-order valence-electron chi connectivity index (χ2n) is 5.73. The lowest BCUT2D eigenvalue weighted by Gasteiger charge is -2.15. The van der Waals surface area contributed by atoms with Crippen LogP contribution in [0, 0.1) is 0 Å². The normalized spacial score (nSPS) is 28.1. The maximum absolute atomic E-state index is 5.53. The summed E-state index contributed by atoms with van der Waals surface area (Å²) in [7, 11) is 0. The second-order valence-corrected chi connectivity index (χ2v) is 5.73. The molecule has 0 aliphatic carbocycles. The van der Waals surface area contributed by atoms with E-state index in [9.17, 15) is 0 Å². The number of aryl methyl sites for hydroxylation is 1. The molecule has 3 atom stereocenters. The van der Waals surface area contributed by atoms with Crippen LogP contribution in [0.25, 0.3) is 11.4 Å². The van der Waals surface area contributed by atoms with Gasteiger partial charge in [0.1, 0.15) is 0 Å². The Morgan fingerprint density at radius 3 is 3.10 bits per heavy atom. The first-order chi connectivity index (χ1) is 9.85. The van der Waals surface area contributed by atoms with E-state index in [-0.39, 0.29) is 0 Å². The SMILES string of the molecule is CCc1cnccc1-c1noc(C2CC3CCC2N3)n1. The molecule has 5 heteroatoms. The maximum Gasteiger partial charge on any atom is 0.231 e. The third-order valence-corrected chi connectivity index (χ3v) is 4.58. The van der Waals surface area contributed by atoms with Crippen LogP contribution in [0.5, 0.6) is 0 Å². The van der Waals surface area contributed by atoms with Gasteiger partial charge in [-0.25, -0.2) is 0 Å². The lowest BCUT2D eigenvalue weighted by Crippen LogP contribution is -2.21. The second kappa shape index (κ2) is 4.66. The molecule has 1 N–H and O–H groups in total. The van der Waals surface area contributed by atoms with E-state index in [1.54, 1.807) is 6.20 Å². The molecule has 20 heavy (non-hydrogen) atoms. The molecular weight excluding hydrogens is 252 g/mol. The number of hydrogen-bond donors (Lipinski definition) is 1. The van der Waals surface area contributed by atoms with Crippen LogP contribution in [0.1, 0.15) is 43.6 Å². The van der Waals surface area contributed by atoms with Gasteiger partial charge < -0.3 is 9.84 Å². The van der Waals surface area contributed by atoms with Crippen LogP contribution in [-0.2, 0) is 6.42 Å². The fraction of sp³-hybridized carbons (Fsp3) is 0.533. The van der Waals surface area contributed by atoms with Gasteiger partial charge in [-0.3, -0.25) is 4.98 Å². The molecule has 0 spiro atoms. The van der Waals surface area contributed by atoms with Crippen molar-refractivity contribution < 1.29 is 4.52 Å². The van der Waals surface area contributed by atoms with E-state index in [4.69, 9.17) is 4.52 Å². The Balaban J connectivity index is 1.65. The van der Waals surface area contributed by atoms with Gasteiger partial charge in [-0.1, -0.05) is 12.1 Å². The molecule has 0 aromatic carbocycles. The monoisotopic (exact) mass is 270 g/mol. The van der Waals surface area contributed by atoms with E-state index in [1.807, 2.05) is 12.3 Å². The summed E-state index contributed by atoms with van der Waals surface area (Å²) >= 11 is 0. The highest BCUT2D eigenvalue weighted by atomic mass is 16.5. The van der Waals surface area contributed by atoms with Crippen molar-refractivity contribution in [1.29, 1.82) is 0 Å². The quantitative estimate of drug-likeness (QED) is 0.927. The van der Waals surface area contributed by atoms with Gasteiger partial charge in [0, 0.05) is 30.0 Å². The minimum absolute atomic E-state index is 0.391. The van der Waals surface area contributed by atoms with E-state index in [2.05, 4.69) is 27.4 Å². The number of pyridine rings is 1. The Bertz CT molecular complexity index is 624. The van der Waals surface area contributed by atoms with Gasteiger partial charge in [0.2, 0.25) is 11.7 Å². The molecule has 4 heterocycles. The Morgan fingerprint density at radius 1 is 1.40 bits per heavy atom. The van der Waals surface area contributed by atoms with Gasteiger partial charge in [-0.05, 0) is 37.3 Å². The molecule has 2 aromatic heterocycles. The van der Waals surface area contributed by atoms with Crippen LogP contribution in [0.3, 0.4) is 0 Å². The van der Waals surface area contributed by atoms with Crippen molar-refractivity contribution in [3.63, 3.8) is 0 Å². The number of nitrogens with zero attached hydrogens (tertiary/aromatic N) is 3. The number of fused-ring (bicyclic) bond motifs is 2. The average Bonchev–Trinajstić information content (AvgIpc) is 3.22. The molecule has 4 rings (SSSR count). The maximum atomic E-state index is 5.53. The number of aromatic nitrogens is 3. The minimum atomic E-state index is 0.391. The molecule has 0 radical (unpaired) electrons. The highest BCUT2D eigenvalue weighted by Gasteiger charge is 2.42. The van der Waals surface area contributed by atoms with Crippen LogP contribution in [0.15, 0.2) is 23.0 Å². The Kier molecular flexibility index (Phi) is 2.80. The number of nitrogens with one attached hydrogen (secondary N) is 1. The summed E-state index contributed by atoms with van der Waals surface area (Å²) in [4.78, 5) is 8.81.